The van der Waals surface area contributed by atoms with Gasteiger partial charge in [-0.05, 0) is 49.1 Å². The second-order valence-corrected chi connectivity index (χ2v) is 5.77. The van der Waals surface area contributed by atoms with Crippen LogP contribution in [0.4, 0.5) is 0 Å². The number of aliphatic imine (C=N–C) groups is 1. The maximum absolute atomic E-state index is 5.59. The highest BCUT2D eigenvalue weighted by atomic mass is 127. The number of pyridine rings is 1. The molecule has 0 amide bonds. The molecule has 1 aromatic carbocycles. The number of nitrogens with zero attached hydrogens (tertiary/aromatic N) is 2. The van der Waals surface area contributed by atoms with E-state index in [0.717, 1.165) is 43.3 Å². The normalized spacial score (nSPS) is 10.7. The average molecular weight is 484 g/mol. The molecule has 0 aliphatic carbocycles. The van der Waals surface area contributed by atoms with E-state index < -0.39 is 0 Å². The molecule has 0 unspecified atom stereocenters. The number of rotatable bonds is 10. The number of halogens is 1. The quantitative estimate of drug-likeness (QED) is 0.235. The molecule has 0 fully saturated rings. The standard InChI is InChI=1S/C20H28N4O2.HI/c1-21-20(24-14-15-26-19-7-5-12-22-16-19)23-13-4-3-6-17-8-10-18(25-2)11-9-17;/h5,7-12,16H,3-4,6,13-15H2,1-2H3,(H2,21,23,24);1H. The lowest BCUT2D eigenvalue weighted by Gasteiger charge is -2.12. The zero-order valence-electron chi connectivity index (χ0n) is 16.0. The second kappa shape index (κ2) is 14.1. The van der Waals surface area contributed by atoms with Gasteiger partial charge in [-0.2, -0.15) is 0 Å². The van der Waals surface area contributed by atoms with Crippen LogP contribution >= 0.6 is 24.0 Å². The van der Waals surface area contributed by atoms with Gasteiger partial charge in [0.1, 0.15) is 18.1 Å². The Kier molecular flexibility index (Phi) is 12.0. The Labute approximate surface area is 178 Å². The fraction of sp³-hybridized carbons (Fsp3) is 0.400. The minimum atomic E-state index is 0. The molecule has 0 bridgehead atoms. The summed E-state index contributed by atoms with van der Waals surface area (Å²) < 4.78 is 10.8. The van der Waals surface area contributed by atoms with Gasteiger partial charge in [-0.15, -0.1) is 24.0 Å². The molecule has 148 valence electrons. The number of hydrogen-bond acceptors (Lipinski definition) is 4. The van der Waals surface area contributed by atoms with Crippen molar-refractivity contribution in [1.82, 2.24) is 15.6 Å². The van der Waals surface area contributed by atoms with Gasteiger partial charge >= 0.3 is 0 Å². The Bertz CT molecular complexity index is 651. The van der Waals surface area contributed by atoms with Crippen LogP contribution in [-0.2, 0) is 6.42 Å². The Balaban J connectivity index is 0.00000364. The van der Waals surface area contributed by atoms with Gasteiger partial charge in [0.15, 0.2) is 5.96 Å². The van der Waals surface area contributed by atoms with E-state index in [9.17, 15) is 0 Å². The minimum absolute atomic E-state index is 0. The fourth-order valence-corrected chi connectivity index (χ4v) is 2.44. The molecular weight excluding hydrogens is 455 g/mol. The largest absolute Gasteiger partial charge is 0.497 e. The number of hydrogen-bond donors (Lipinski definition) is 2. The Hall–Kier alpha value is -2.03. The molecule has 2 N–H and O–H groups in total. The lowest BCUT2D eigenvalue weighted by atomic mass is 10.1. The molecule has 0 aliphatic rings. The van der Waals surface area contributed by atoms with Crippen LogP contribution in [0.1, 0.15) is 18.4 Å². The molecule has 6 nitrogen and oxygen atoms in total. The molecule has 0 saturated heterocycles. The summed E-state index contributed by atoms with van der Waals surface area (Å²) in [6, 6.07) is 12.0. The van der Waals surface area contributed by atoms with Gasteiger partial charge in [0.2, 0.25) is 0 Å². The summed E-state index contributed by atoms with van der Waals surface area (Å²) >= 11 is 0. The Morgan fingerprint density at radius 3 is 2.48 bits per heavy atom. The smallest absolute Gasteiger partial charge is 0.191 e. The molecule has 0 aliphatic heterocycles. The number of aromatic nitrogens is 1. The van der Waals surface area contributed by atoms with Crippen LogP contribution in [-0.4, -0.2) is 44.8 Å². The molecular formula is C20H29IN4O2. The molecule has 0 atom stereocenters. The molecule has 27 heavy (non-hydrogen) atoms. The highest BCUT2D eigenvalue weighted by molar-refractivity contribution is 14.0. The van der Waals surface area contributed by atoms with Crippen LogP contribution in [0.2, 0.25) is 0 Å². The van der Waals surface area contributed by atoms with Crippen molar-refractivity contribution in [1.29, 1.82) is 0 Å². The van der Waals surface area contributed by atoms with Crippen molar-refractivity contribution in [3.63, 3.8) is 0 Å². The SMILES string of the molecule is CN=C(NCCCCc1ccc(OC)cc1)NCCOc1cccnc1.I. The van der Waals surface area contributed by atoms with Gasteiger partial charge < -0.3 is 20.1 Å². The molecule has 7 heteroatoms. The van der Waals surface area contributed by atoms with Gasteiger partial charge in [0.05, 0.1) is 19.9 Å². The van der Waals surface area contributed by atoms with E-state index in [-0.39, 0.29) is 24.0 Å². The van der Waals surface area contributed by atoms with Gasteiger partial charge in [-0.25, -0.2) is 0 Å². The van der Waals surface area contributed by atoms with Crippen molar-refractivity contribution < 1.29 is 9.47 Å². The summed E-state index contributed by atoms with van der Waals surface area (Å²) in [5.41, 5.74) is 1.33. The van der Waals surface area contributed by atoms with Crippen molar-refractivity contribution in [2.75, 3.05) is 33.9 Å². The van der Waals surface area contributed by atoms with E-state index in [0.29, 0.717) is 13.2 Å². The van der Waals surface area contributed by atoms with E-state index in [1.54, 1.807) is 26.6 Å². The first kappa shape index (κ1) is 23.0. The molecule has 0 spiro atoms. The average Bonchev–Trinajstić information content (AvgIpc) is 2.70. The first-order valence-corrected chi connectivity index (χ1v) is 8.92. The van der Waals surface area contributed by atoms with Crippen molar-refractivity contribution in [2.24, 2.45) is 4.99 Å². The maximum Gasteiger partial charge on any atom is 0.191 e. The Morgan fingerprint density at radius 1 is 1.04 bits per heavy atom. The number of unbranched alkanes of at least 4 members (excludes halogenated alkanes) is 1. The zero-order chi connectivity index (χ0) is 18.5. The lowest BCUT2D eigenvalue weighted by Crippen LogP contribution is -2.39. The van der Waals surface area contributed by atoms with Gasteiger partial charge in [0, 0.05) is 19.8 Å². The van der Waals surface area contributed by atoms with E-state index in [1.807, 2.05) is 24.3 Å². The van der Waals surface area contributed by atoms with E-state index in [1.165, 1.54) is 5.56 Å². The van der Waals surface area contributed by atoms with Crippen LogP contribution in [0.15, 0.2) is 53.8 Å². The molecule has 2 rings (SSSR count). The van der Waals surface area contributed by atoms with Crippen LogP contribution in [0.3, 0.4) is 0 Å². The van der Waals surface area contributed by atoms with E-state index in [2.05, 4.69) is 32.7 Å². The summed E-state index contributed by atoms with van der Waals surface area (Å²) in [5.74, 6) is 2.47. The summed E-state index contributed by atoms with van der Waals surface area (Å²) in [7, 11) is 3.46. The molecule has 1 aromatic heterocycles. The second-order valence-electron chi connectivity index (χ2n) is 5.77. The topological polar surface area (TPSA) is 67.8 Å². The van der Waals surface area contributed by atoms with E-state index >= 15 is 0 Å². The summed E-state index contributed by atoms with van der Waals surface area (Å²) in [6.45, 7) is 2.13. The van der Waals surface area contributed by atoms with Crippen molar-refractivity contribution in [3.05, 3.63) is 54.4 Å². The monoisotopic (exact) mass is 484 g/mol. The number of guanidine groups is 1. The van der Waals surface area contributed by atoms with Crippen molar-refractivity contribution >= 4 is 29.9 Å². The van der Waals surface area contributed by atoms with Crippen LogP contribution in [0.5, 0.6) is 11.5 Å². The third-order valence-electron chi connectivity index (χ3n) is 3.86. The highest BCUT2D eigenvalue weighted by Crippen LogP contribution is 2.13. The zero-order valence-corrected chi connectivity index (χ0v) is 18.3. The van der Waals surface area contributed by atoms with Crippen molar-refractivity contribution in [3.8, 4) is 11.5 Å². The summed E-state index contributed by atoms with van der Waals surface area (Å²) in [4.78, 5) is 8.24. The molecule has 2 aromatic rings. The number of ether oxygens (including phenoxy) is 2. The number of nitrogens with one attached hydrogen (secondary N) is 2. The van der Waals surface area contributed by atoms with Gasteiger partial charge in [0.25, 0.3) is 0 Å². The van der Waals surface area contributed by atoms with Crippen LogP contribution in [0.25, 0.3) is 0 Å². The first-order chi connectivity index (χ1) is 12.8. The molecule has 0 saturated carbocycles. The predicted octanol–water partition coefficient (Wildman–Crippen LogP) is 3.27. The highest BCUT2D eigenvalue weighted by Gasteiger charge is 1.99. The molecule has 1 heterocycles. The fourth-order valence-electron chi connectivity index (χ4n) is 2.44. The number of methoxy groups -OCH3 is 1. The summed E-state index contributed by atoms with van der Waals surface area (Å²) in [5, 5.41) is 6.56. The van der Waals surface area contributed by atoms with E-state index in [4.69, 9.17) is 9.47 Å². The number of benzene rings is 1. The third kappa shape index (κ3) is 9.46. The van der Waals surface area contributed by atoms with Gasteiger partial charge in [-0.1, -0.05) is 12.1 Å². The van der Waals surface area contributed by atoms with Gasteiger partial charge in [-0.3, -0.25) is 9.98 Å². The van der Waals surface area contributed by atoms with Crippen LogP contribution < -0.4 is 20.1 Å². The third-order valence-corrected chi connectivity index (χ3v) is 3.86. The summed E-state index contributed by atoms with van der Waals surface area (Å²) in [6.07, 6.45) is 6.71. The minimum Gasteiger partial charge on any atom is -0.497 e. The lowest BCUT2D eigenvalue weighted by molar-refractivity contribution is 0.320. The van der Waals surface area contributed by atoms with Crippen LogP contribution in [0, 0.1) is 0 Å². The predicted molar refractivity (Wildman–Crippen MR) is 120 cm³/mol. The van der Waals surface area contributed by atoms with Crippen molar-refractivity contribution in [2.45, 2.75) is 19.3 Å². The molecule has 0 radical (unpaired) electrons. The number of aryl methyl sites for hydroxylation is 1. The maximum atomic E-state index is 5.59. The first-order valence-electron chi connectivity index (χ1n) is 8.92. The Morgan fingerprint density at radius 2 is 1.81 bits per heavy atom.